The van der Waals surface area contributed by atoms with Gasteiger partial charge in [0.2, 0.25) is 23.5 Å². The van der Waals surface area contributed by atoms with E-state index in [0.29, 0.717) is 12.8 Å². The monoisotopic (exact) mass is 1110 g/mol. The molecule has 15 atom stereocenters. The summed E-state index contributed by atoms with van der Waals surface area (Å²) >= 11 is 0. The lowest BCUT2D eigenvalue weighted by Gasteiger charge is -2.44. The molecule has 0 unspecified atom stereocenters. The molecule has 0 spiro atoms. The van der Waals surface area contributed by atoms with Crippen LogP contribution in [0.3, 0.4) is 0 Å². The highest BCUT2D eigenvalue weighted by molar-refractivity contribution is 5.89. The molecule has 0 bridgehead atoms. The van der Waals surface area contributed by atoms with Gasteiger partial charge in [-0.2, -0.15) is 0 Å². The molecule has 4 rings (SSSR count). The second-order valence-electron chi connectivity index (χ2n) is 19.7. The summed E-state index contributed by atoms with van der Waals surface area (Å²) in [5.41, 5.74) is -0.148. The third kappa shape index (κ3) is 20.3. The van der Waals surface area contributed by atoms with Crippen molar-refractivity contribution in [1.29, 1.82) is 0 Å². The van der Waals surface area contributed by atoms with Gasteiger partial charge >= 0.3 is 17.9 Å². The number of nitrogens with one attached hydrogen (secondary N) is 3. The molecule has 0 saturated carbocycles. The Kier molecular flexibility index (Phi) is 28.3. The van der Waals surface area contributed by atoms with Crippen molar-refractivity contribution < 1.29 is 100 Å². The normalized spacial score (nSPS) is 28.9. The van der Waals surface area contributed by atoms with E-state index in [1.807, 2.05) is 34.6 Å². The summed E-state index contributed by atoms with van der Waals surface area (Å²) in [6.45, 7) is 21.3. The summed E-state index contributed by atoms with van der Waals surface area (Å²) in [7, 11) is 0. The fraction of sp³-hybridized carbons (Fsp3) is 0.778. The lowest BCUT2D eigenvalue weighted by molar-refractivity contribution is -0.256. The predicted molar refractivity (Wildman–Crippen MR) is 278 cm³/mol. The molecule has 24 nitrogen and oxygen atoms in total. The van der Waals surface area contributed by atoms with Crippen molar-refractivity contribution >= 4 is 35.6 Å². The zero-order chi connectivity index (χ0) is 57.5. The summed E-state index contributed by atoms with van der Waals surface area (Å²) in [5, 5.41) is 18.7. The number of amides is 3. The van der Waals surface area contributed by atoms with E-state index in [4.69, 9.17) is 66.3 Å². The zero-order valence-corrected chi connectivity index (χ0v) is 47.5. The lowest BCUT2D eigenvalue weighted by Crippen LogP contribution is -2.62. The molecular formula is C54H87N3O21. The van der Waals surface area contributed by atoms with E-state index in [0.717, 1.165) is 6.42 Å². The van der Waals surface area contributed by atoms with Crippen LogP contribution in [0, 0.1) is 23.7 Å². The molecule has 444 valence electrons. The maximum Gasteiger partial charge on any atom is 0.335 e. The minimum atomic E-state index is -1.25. The van der Waals surface area contributed by atoms with Crippen LogP contribution in [0.15, 0.2) is 12.1 Å². The molecule has 4 N–H and O–H groups in total. The number of rotatable bonds is 33. The van der Waals surface area contributed by atoms with E-state index >= 15 is 0 Å². The third-order valence-corrected chi connectivity index (χ3v) is 13.9. The smallest absolute Gasteiger partial charge is 0.335 e. The zero-order valence-electron chi connectivity index (χ0n) is 47.5. The number of benzene rings is 1. The number of carboxylic acids is 1. The van der Waals surface area contributed by atoms with Crippen molar-refractivity contribution in [1.82, 2.24) is 16.0 Å². The van der Waals surface area contributed by atoms with Crippen LogP contribution in [0.4, 0.5) is 0 Å². The van der Waals surface area contributed by atoms with Crippen LogP contribution in [0.2, 0.25) is 0 Å². The quantitative estimate of drug-likeness (QED) is 0.0572. The summed E-state index contributed by atoms with van der Waals surface area (Å²) < 4.78 is 83.8. The third-order valence-electron chi connectivity index (χ3n) is 13.9. The highest BCUT2D eigenvalue weighted by atomic mass is 16.7. The van der Waals surface area contributed by atoms with Crippen molar-refractivity contribution in [2.24, 2.45) is 23.7 Å². The topological polar surface area (TPSA) is 288 Å². The summed E-state index contributed by atoms with van der Waals surface area (Å²) in [6, 6.07) is 0.745. The van der Waals surface area contributed by atoms with Crippen molar-refractivity contribution in [2.75, 3.05) is 79.3 Å². The van der Waals surface area contributed by atoms with Crippen molar-refractivity contribution in [3.8, 4) is 17.2 Å². The van der Waals surface area contributed by atoms with E-state index in [1.165, 1.54) is 46.8 Å². The van der Waals surface area contributed by atoms with Gasteiger partial charge in [-0.05, 0) is 43.2 Å². The molecule has 3 fully saturated rings. The Hall–Kier alpha value is -4.92. The van der Waals surface area contributed by atoms with E-state index in [1.54, 1.807) is 0 Å². The molecule has 3 aliphatic rings. The highest BCUT2D eigenvalue weighted by Crippen LogP contribution is 2.40. The maximum absolute atomic E-state index is 12.4. The van der Waals surface area contributed by atoms with Crippen LogP contribution in [0.1, 0.15) is 113 Å². The van der Waals surface area contributed by atoms with Crippen molar-refractivity contribution in [3.63, 3.8) is 0 Å². The van der Waals surface area contributed by atoms with Crippen LogP contribution in [0.25, 0.3) is 0 Å². The van der Waals surface area contributed by atoms with E-state index < -0.39 is 61.1 Å². The highest BCUT2D eigenvalue weighted by Gasteiger charge is 2.48. The average molecular weight is 1110 g/mol. The minimum absolute atomic E-state index is 0.0253. The van der Waals surface area contributed by atoms with Gasteiger partial charge in [0, 0.05) is 46.5 Å². The van der Waals surface area contributed by atoms with Crippen LogP contribution < -0.4 is 30.2 Å². The summed E-state index contributed by atoms with van der Waals surface area (Å²) in [5.74, 6) is -3.05. The molecule has 78 heavy (non-hydrogen) atoms. The first-order valence-corrected chi connectivity index (χ1v) is 27.2. The Labute approximate surface area is 458 Å². The Bertz CT molecular complexity index is 2050. The number of ether oxygens (including phenoxy) is 14. The SMILES string of the molecule is CC[C@H]1O[C@@H](OCCOCCOc2cc(C(=O)O)cc(OCCOCCO[C@@H]3O[C@H](CC)[C@H](C)[C@H](OC(C)=O)[C@H]3NC(C)=O)c2OCCOCCO[C@@H]2O[C@H](CC)[C@H](C)[C@H](OC(C)=O)[C@H]2NC(C)=O)[C@H](NC(C)=O)[C@@H](C)[C@H]1C. The van der Waals surface area contributed by atoms with E-state index in [2.05, 4.69) is 29.8 Å². The largest absolute Gasteiger partial charge is 0.487 e. The van der Waals surface area contributed by atoms with Gasteiger partial charge < -0.3 is 87.4 Å². The van der Waals surface area contributed by atoms with E-state index in [9.17, 15) is 33.9 Å². The first kappa shape index (κ1) is 65.6. The standard InChI is InChI=1S/C54H87N3O21/c1-13-40-30(4)31(5)45(55-34(8)58)52(76-40)71-25-19-65-16-22-68-43-28-39(51(63)64)29-44(69-23-17-66-20-26-72-53-46(56-35(9)59)48(74-37(11)61)32(6)41(14-2)77-53)50(43)70-24-18-67-21-27-73-54-47(57-36(10)60)49(75-38(12)62)33(7)42(15-3)78-54/h28-33,40-42,45-49,52-54H,13-27H2,1-12H3,(H,55,58)(H,56,59)(H,57,60)(H,63,64)/t30-,31+,32+,33+,40-,41-,42-,45-,46-,47-,48+,49+,52-,53-,54-/m1/s1. The van der Waals surface area contributed by atoms with Gasteiger partial charge in [0.15, 0.2) is 30.4 Å². The minimum Gasteiger partial charge on any atom is -0.487 e. The molecule has 24 heteroatoms. The molecule has 3 aliphatic heterocycles. The van der Waals surface area contributed by atoms with Gasteiger partial charge in [0.25, 0.3) is 0 Å². The second kappa shape index (κ2) is 33.6. The van der Waals surface area contributed by atoms with Crippen molar-refractivity contribution in [2.45, 2.75) is 170 Å². The Morgan fingerprint density at radius 3 is 1.14 bits per heavy atom. The number of esters is 2. The van der Waals surface area contributed by atoms with E-state index in [-0.39, 0.29) is 168 Å². The molecular weight excluding hydrogens is 1030 g/mol. The molecule has 0 aromatic heterocycles. The Morgan fingerprint density at radius 1 is 0.462 bits per heavy atom. The van der Waals surface area contributed by atoms with Gasteiger partial charge in [-0.25, -0.2) is 4.79 Å². The van der Waals surface area contributed by atoms with Crippen molar-refractivity contribution in [3.05, 3.63) is 17.7 Å². The molecule has 0 aliphatic carbocycles. The molecule has 3 amide bonds. The number of hydrogen-bond donors (Lipinski definition) is 4. The maximum atomic E-state index is 12.4. The Balaban J connectivity index is 1.39. The average Bonchev–Trinajstić information content (AvgIpc) is 3.40. The number of carboxylic acid groups (broad SMARTS) is 1. The summed E-state index contributed by atoms with van der Waals surface area (Å²) in [6.07, 6.45) is -2.51. The molecule has 3 saturated heterocycles. The van der Waals surface area contributed by atoms with Gasteiger partial charge in [0.05, 0.1) is 89.4 Å². The molecule has 3 heterocycles. The first-order valence-electron chi connectivity index (χ1n) is 27.2. The van der Waals surface area contributed by atoms with Crippen LogP contribution in [-0.2, 0) is 76.1 Å². The van der Waals surface area contributed by atoms with Gasteiger partial charge in [-0.15, -0.1) is 0 Å². The Morgan fingerprint density at radius 2 is 0.795 bits per heavy atom. The first-order chi connectivity index (χ1) is 37.2. The van der Waals surface area contributed by atoms with Gasteiger partial charge in [0.1, 0.15) is 44.1 Å². The van der Waals surface area contributed by atoms with Crippen LogP contribution in [-0.4, -0.2) is 188 Å². The van der Waals surface area contributed by atoms with Gasteiger partial charge in [-0.3, -0.25) is 24.0 Å². The fourth-order valence-electron chi connectivity index (χ4n) is 9.88. The molecule has 1 aromatic rings. The fourth-order valence-corrected chi connectivity index (χ4v) is 9.88. The number of hydrogen-bond acceptors (Lipinski definition) is 20. The van der Waals surface area contributed by atoms with Crippen LogP contribution in [0.5, 0.6) is 17.2 Å². The predicted octanol–water partition coefficient (Wildman–Crippen LogP) is 3.95. The number of aromatic carboxylic acids is 1. The molecule has 1 aromatic carbocycles. The number of carbonyl (C=O) groups excluding carboxylic acids is 5. The summed E-state index contributed by atoms with van der Waals surface area (Å²) in [4.78, 5) is 72.8. The second-order valence-corrected chi connectivity index (χ2v) is 19.7. The van der Waals surface area contributed by atoms with Gasteiger partial charge in [-0.1, -0.05) is 48.5 Å². The molecule has 0 radical (unpaired) electrons. The lowest BCUT2D eigenvalue weighted by atomic mass is 9.81. The number of carbonyl (C=O) groups is 6. The van der Waals surface area contributed by atoms with Crippen LogP contribution >= 0.6 is 0 Å².